The molecule has 0 N–H and O–H groups in total. The molecule has 0 unspecified atom stereocenters. The van der Waals surface area contributed by atoms with Gasteiger partial charge >= 0.3 is 0 Å². The van der Waals surface area contributed by atoms with Gasteiger partial charge in [-0.15, -0.1) is 10.2 Å². The number of fused-ring (bicyclic) bond motifs is 2. The lowest BCUT2D eigenvalue weighted by Crippen LogP contribution is -2.23. The second-order valence-corrected chi connectivity index (χ2v) is 12.4. The molecule has 0 bridgehead atoms. The highest BCUT2D eigenvalue weighted by molar-refractivity contribution is 5.69. The van der Waals surface area contributed by atoms with Crippen LogP contribution in [0.3, 0.4) is 0 Å². The van der Waals surface area contributed by atoms with Gasteiger partial charge in [-0.25, -0.2) is 19.0 Å². The van der Waals surface area contributed by atoms with E-state index in [9.17, 15) is 10.5 Å². The van der Waals surface area contributed by atoms with Gasteiger partial charge in [-0.3, -0.25) is 0 Å². The standard InChI is InChI=1S/C36H30N8O3/c1-45-29-11-9-27(25-7-3-5-23(17-25)19-37)43-31(29)39-33(41-43)35(13-14-35)21-47-22-36(15-16-36)34-40-32-30(46-2)12-10-28(44(32)42-34)26-8-4-6-24(18-26)20-38/h3-12,17-18H,13-16,21-22H2,1-2H3. The van der Waals surface area contributed by atoms with Crippen LogP contribution in [0.2, 0.25) is 0 Å². The third kappa shape index (κ3) is 4.84. The van der Waals surface area contributed by atoms with Crippen LogP contribution in [0.5, 0.6) is 11.5 Å². The van der Waals surface area contributed by atoms with Gasteiger partial charge in [-0.1, -0.05) is 24.3 Å². The number of nitrogens with zero attached hydrogens (tertiary/aromatic N) is 8. The smallest absolute Gasteiger partial charge is 0.198 e. The third-order valence-electron chi connectivity index (χ3n) is 9.32. The van der Waals surface area contributed by atoms with Crippen molar-refractivity contribution in [3.05, 3.63) is 95.6 Å². The van der Waals surface area contributed by atoms with Gasteiger partial charge in [-0.05, 0) is 74.2 Å². The molecule has 232 valence electrons. The Hall–Kier alpha value is -5.78. The van der Waals surface area contributed by atoms with E-state index in [4.69, 9.17) is 34.4 Å². The van der Waals surface area contributed by atoms with Crippen LogP contribution in [0.15, 0.2) is 72.8 Å². The molecular weight excluding hydrogens is 592 g/mol. The lowest BCUT2D eigenvalue weighted by molar-refractivity contribution is 0.0908. The Labute approximate surface area is 270 Å². The number of rotatable bonds is 10. The molecule has 2 aliphatic carbocycles. The lowest BCUT2D eigenvalue weighted by atomic mass is 10.1. The van der Waals surface area contributed by atoms with E-state index >= 15 is 0 Å². The molecule has 0 spiro atoms. The molecule has 0 aliphatic heterocycles. The van der Waals surface area contributed by atoms with Crippen molar-refractivity contribution in [2.75, 3.05) is 27.4 Å². The maximum absolute atomic E-state index is 9.43. The van der Waals surface area contributed by atoms with Gasteiger partial charge in [0.05, 0.1) is 72.9 Å². The Morgan fingerprint density at radius 1 is 0.660 bits per heavy atom. The summed E-state index contributed by atoms with van der Waals surface area (Å²) in [4.78, 5) is 9.91. The molecule has 11 nitrogen and oxygen atoms in total. The molecule has 4 heterocycles. The molecule has 0 atom stereocenters. The Kier molecular flexibility index (Phi) is 6.67. The largest absolute Gasteiger partial charge is 0.493 e. The molecule has 11 heteroatoms. The summed E-state index contributed by atoms with van der Waals surface area (Å²) in [6.07, 6.45) is 3.70. The topological polar surface area (TPSA) is 136 Å². The van der Waals surface area contributed by atoms with Gasteiger partial charge in [-0.2, -0.15) is 10.5 Å². The van der Waals surface area contributed by atoms with Gasteiger partial charge in [0.2, 0.25) is 0 Å². The van der Waals surface area contributed by atoms with Crippen molar-refractivity contribution < 1.29 is 14.2 Å². The summed E-state index contributed by atoms with van der Waals surface area (Å²) >= 11 is 0. The fourth-order valence-electron chi connectivity index (χ4n) is 6.19. The van der Waals surface area contributed by atoms with Gasteiger partial charge in [0, 0.05) is 11.1 Å². The number of pyridine rings is 2. The number of ether oxygens (including phenoxy) is 3. The molecule has 0 radical (unpaired) electrons. The minimum atomic E-state index is -0.284. The summed E-state index contributed by atoms with van der Waals surface area (Å²) in [7, 11) is 3.25. The lowest BCUT2D eigenvalue weighted by Gasteiger charge is -2.16. The molecule has 4 aromatic heterocycles. The Morgan fingerprint density at radius 2 is 1.11 bits per heavy atom. The van der Waals surface area contributed by atoms with Crippen LogP contribution in [0, 0.1) is 22.7 Å². The summed E-state index contributed by atoms with van der Waals surface area (Å²) in [6.45, 7) is 0.964. The first-order valence-corrected chi connectivity index (χ1v) is 15.5. The average Bonchev–Trinajstić information content (AvgIpc) is 3.99. The summed E-state index contributed by atoms with van der Waals surface area (Å²) in [5.74, 6) is 2.71. The van der Waals surface area contributed by atoms with Crippen molar-refractivity contribution in [2.24, 2.45) is 0 Å². The third-order valence-corrected chi connectivity index (χ3v) is 9.32. The first kappa shape index (κ1) is 28.7. The zero-order valence-electron chi connectivity index (χ0n) is 26.0. The van der Waals surface area contributed by atoms with Gasteiger partial charge < -0.3 is 14.2 Å². The van der Waals surface area contributed by atoms with E-state index in [0.29, 0.717) is 47.1 Å². The van der Waals surface area contributed by atoms with E-state index in [-0.39, 0.29) is 10.8 Å². The van der Waals surface area contributed by atoms with Crippen LogP contribution in [0.1, 0.15) is 48.5 Å². The predicted molar refractivity (Wildman–Crippen MR) is 172 cm³/mol. The minimum absolute atomic E-state index is 0.284. The monoisotopic (exact) mass is 622 g/mol. The second-order valence-electron chi connectivity index (χ2n) is 12.4. The Morgan fingerprint density at radius 3 is 1.49 bits per heavy atom. The average molecular weight is 623 g/mol. The maximum atomic E-state index is 9.43. The van der Waals surface area contributed by atoms with Crippen LogP contribution in [-0.2, 0) is 15.6 Å². The molecule has 2 aromatic carbocycles. The highest BCUT2D eigenvalue weighted by Gasteiger charge is 2.52. The molecule has 2 fully saturated rings. The molecule has 2 aliphatic rings. The van der Waals surface area contributed by atoms with E-state index in [1.165, 1.54) is 0 Å². The first-order chi connectivity index (χ1) is 23.0. The van der Waals surface area contributed by atoms with E-state index in [0.717, 1.165) is 59.8 Å². The van der Waals surface area contributed by atoms with Gasteiger partial charge in [0.25, 0.3) is 0 Å². The zero-order chi connectivity index (χ0) is 32.2. The van der Waals surface area contributed by atoms with Gasteiger partial charge in [0.1, 0.15) is 0 Å². The fourth-order valence-corrected chi connectivity index (χ4v) is 6.19. The van der Waals surface area contributed by atoms with Crippen LogP contribution < -0.4 is 9.47 Å². The van der Waals surface area contributed by atoms with Gasteiger partial charge in [0.15, 0.2) is 34.4 Å². The number of hydrogen-bond donors (Lipinski definition) is 0. The highest BCUT2D eigenvalue weighted by Crippen LogP contribution is 2.50. The number of aromatic nitrogens is 6. The fraction of sp³-hybridized carbons (Fsp3) is 0.278. The molecule has 2 saturated carbocycles. The Bertz CT molecular complexity index is 2110. The number of methoxy groups -OCH3 is 2. The molecule has 8 rings (SSSR count). The molecule has 0 amide bonds. The molecule has 47 heavy (non-hydrogen) atoms. The summed E-state index contributed by atoms with van der Waals surface area (Å²) in [6, 6.07) is 27.0. The molecular formula is C36H30N8O3. The van der Waals surface area contributed by atoms with Crippen LogP contribution in [0.25, 0.3) is 33.8 Å². The predicted octanol–water partition coefficient (Wildman–Crippen LogP) is 5.65. The highest BCUT2D eigenvalue weighted by atomic mass is 16.5. The van der Waals surface area contributed by atoms with E-state index < -0.39 is 0 Å². The van der Waals surface area contributed by atoms with Crippen LogP contribution in [0.4, 0.5) is 0 Å². The quantitative estimate of drug-likeness (QED) is 0.190. The SMILES string of the molecule is COc1ccc(-c2cccc(C#N)c2)n2nc(C3(COCC4(c5nc6c(OC)ccc(-c7cccc(C#N)c7)n6n5)CC4)CC3)nc12. The summed E-state index contributed by atoms with van der Waals surface area (Å²) < 4.78 is 21.4. The number of nitriles is 2. The van der Waals surface area contributed by atoms with Crippen molar-refractivity contribution in [3.63, 3.8) is 0 Å². The van der Waals surface area contributed by atoms with Crippen molar-refractivity contribution in [1.82, 2.24) is 29.2 Å². The second kappa shape index (κ2) is 10.9. The maximum Gasteiger partial charge on any atom is 0.198 e. The van der Waals surface area contributed by atoms with Crippen molar-refractivity contribution in [2.45, 2.75) is 36.5 Å². The summed E-state index contributed by atoms with van der Waals surface area (Å²) in [5.41, 5.74) is 5.27. The summed E-state index contributed by atoms with van der Waals surface area (Å²) in [5, 5.41) is 28.8. The van der Waals surface area contributed by atoms with Crippen molar-refractivity contribution in [1.29, 1.82) is 10.5 Å². The minimum Gasteiger partial charge on any atom is -0.493 e. The van der Waals surface area contributed by atoms with E-state index in [1.807, 2.05) is 69.7 Å². The molecule has 6 aromatic rings. The van der Waals surface area contributed by atoms with Crippen molar-refractivity contribution >= 4 is 11.3 Å². The van der Waals surface area contributed by atoms with Crippen LogP contribution in [-0.4, -0.2) is 56.6 Å². The number of hydrogen-bond acceptors (Lipinski definition) is 9. The van der Waals surface area contributed by atoms with Crippen LogP contribution >= 0.6 is 0 Å². The van der Waals surface area contributed by atoms with E-state index in [2.05, 4.69) is 12.1 Å². The number of benzene rings is 2. The normalized spacial score (nSPS) is 15.7. The van der Waals surface area contributed by atoms with Crippen molar-refractivity contribution in [3.8, 4) is 46.2 Å². The molecule has 0 saturated heterocycles. The van der Waals surface area contributed by atoms with E-state index in [1.54, 1.807) is 26.4 Å². The zero-order valence-corrected chi connectivity index (χ0v) is 26.0. The Balaban J connectivity index is 1.06. The first-order valence-electron chi connectivity index (χ1n) is 15.5.